The predicted octanol–water partition coefficient (Wildman–Crippen LogP) is -2.28. The summed E-state index contributed by atoms with van der Waals surface area (Å²) in [5.41, 5.74) is 8.21. The Morgan fingerprint density at radius 3 is 1.57 bits per heavy atom. The lowest BCUT2D eigenvalue weighted by atomic mass is 10.0. The molecule has 14 N–H and O–H groups in total. The summed E-state index contributed by atoms with van der Waals surface area (Å²) in [5.74, 6) is -16.6. The zero-order chi connectivity index (χ0) is 65.8. The minimum absolute atomic E-state index is 0.0307. The van der Waals surface area contributed by atoms with Gasteiger partial charge in [0, 0.05) is 19.4 Å². The Labute approximate surface area is 514 Å². The van der Waals surface area contributed by atoms with Gasteiger partial charge in [-0.3, -0.25) is 57.5 Å². The monoisotopic (exact) mass is 1240 g/mol. The molecule has 1 aliphatic heterocycles. The number of aliphatic hydroxyl groups excluding tert-OH is 1. The van der Waals surface area contributed by atoms with Gasteiger partial charge in [-0.05, 0) is 61.6 Å². The fraction of sp³-hybridized carbons (Fsp3) is 0.492. The topological polar surface area (TPSA) is 429 Å². The van der Waals surface area contributed by atoms with Crippen LogP contribution in [0.3, 0.4) is 0 Å². The van der Waals surface area contributed by atoms with E-state index < -0.39 is 180 Å². The van der Waals surface area contributed by atoms with Crippen molar-refractivity contribution in [3.05, 3.63) is 108 Å². The molecule has 1 heterocycles. The van der Waals surface area contributed by atoms with E-state index in [4.69, 9.17) is 10.5 Å². The summed E-state index contributed by atoms with van der Waals surface area (Å²) in [5, 5.41) is 52.6. The summed E-state index contributed by atoms with van der Waals surface area (Å²) in [6.07, 6.45) is -2.21. The van der Waals surface area contributed by atoms with Crippen molar-refractivity contribution in [2.45, 2.75) is 147 Å². The molecule has 0 spiro atoms. The zero-order valence-electron chi connectivity index (χ0n) is 50.6. The molecule has 28 heteroatoms. The first-order chi connectivity index (χ1) is 42.1. The maximum absolute atomic E-state index is 14.0. The number of carboxylic acids is 2. The number of ether oxygens (including phenoxy) is 1. The molecule has 482 valence electrons. The molecule has 5 rings (SSSR count). The number of benzene rings is 3. The largest absolute Gasteiger partial charge is 0.481 e. The SMILES string of the molecule is COC(=O)[C@@H]1[C@@H](NC(=O)[C@@H](NC(=O)[C@@H](N)Cc2ccccc2)C(C)C)[C@H]1C(=O)N[C@H](C(=O)N[C@@H](CC(=O)O)C(=O)N[C@H](C(=O)NCC(=O)N1CCC[C@H]1C(=O)N[C@@H](Cc1ccccc1)C(=O)N[C@@H](C)C(=O)N[C@@H](Cc1ccccc1)C(=O)O)C(C)C)[C@@H](C)O. The van der Waals surface area contributed by atoms with Crippen LogP contribution >= 0.6 is 0 Å². The van der Waals surface area contributed by atoms with Crippen LogP contribution in [0.1, 0.15) is 77.5 Å². The smallest absolute Gasteiger partial charge is 0.326 e. The Bertz CT molecular complexity index is 3030. The average molecular weight is 1240 g/mol. The van der Waals surface area contributed by atoms with Crippen LogP contribution in [0.25, 0.3) is 0 Å². The Balaban J connectivity index is 1.19. The number of hydrogen-bond acceptors (Lipinski definition) is 16. The van der Waals surface area contributed by atoms with Crippen molar-refractivity contribution in [3.8, 4) is 0 Å². The number of likely N-dealkylation sites (tertiary alicyclic amines) is 1. The number of carboxylic acid groups (broad SMARTS) is 2. The van der Waals surface area contributed by atoms with Crippen LogP contribution in [0, 0.1) is 23.7 Å². The first-order valence-corrected chi connectivity index (χ1v) is 29.2. The Hall–Kier alpha value is -9.31. The summed E-state index contributed by atoms with van der Waals surface area (Å²) in [6, 6.07) is 12.4. The normalized spacial score (nSPS) is 18.9. The van der Waals surface area contributed by atoms with Gasteiger partial charge >= 0.3 is 17.9 Å². The minimum atomic E-state index is -1.94. The number of aliphatic carboxylic acids is 2. The summed E-state index contributed by atoms with van der Waals surface area (Å²) < 4.78 is 4.86. The molecular formula is C61H81N11O17. The predicted molar refractivity (Wildman–Crippen MR) is 318 cm³/mol. The lowest BCUT2D eigenvalue weighted by Gasteiger charge is -2.28. The van der Waals surface area contributed by atoms with E-state index in [0.717, 1.165) is 19.6 Å². The van der Waals surface area contributed by atoms with Crippen LogP contribution in [0.5, 0.6) is 0 Å². The molecule has 89 heavy (non-hydrogen) atoms. The van der Waals surface area contributed by atoms with Crippen molar-refractivity contribution in [1.29, 1.82) is 0 Å². The van der Waals surface area contributed by atoms with Crippen LogP contribution in [0.2, 0.25) is 0 Å². The summed E-state index contributed by atoms with van der Waals surface area (Å²) >= 11 is 0. The van der Waals surface area contributed by atoms with E-state index in [9.17, 15) is 77.6 Å². The lowest BCUT2D eigenvalue weighted by molar-refractivity contribution is -0.144. The van der Waals surface area contributed by atoms with Crippen molar-refractivity contribution < 1.29 is 82.4 Å². The fourth-order valence-electron chi connectivity index (χ4n) is 10.1. The van der Waals surface area contributed by atoms with E-state index >= 15 is 0 Å². The maximum atomic E-state index is 14.0. The Morgan fingerprint density at radius 2 is 1.06 bits per heavy atom. The molecule has 3 aromatic carbocycles. The molecule has 1 saturated heterocycles. The highest BCUT2D eigenvalue weighted by molar-refractivity contribution is 6.00. The van der Waals surface area contributed by atoms with Gasteiger partial charge < -0.3 is 78.5 Å². The third kappa shape index (κ3) is 20.7. The van der Waals surface area contributed by atoms with Crippen LogP contribution in [-0.2, 0) is 86.3 Å². The number of hydrogen-bond donors (Lipinski definition) is 13. The molecule has 0 unspecified atom stereocenters. The van der Waals surface area contributed by atoms with E-state index in [-0.39, 0.29) is 32.2 Å². The van der Waals surface area contributed by atoms with Gasteiger partial charge in [0.05, 0.1) is 50.1 Å². The highest BCUT2D eigenvalue weighted by atomic mass is 16.5. The van der Waals surface area contributed by atoms with E-state index in [2.05, 4.69) is 47.9 Å². The Kier molecular flexibility index (Phi) is 26.2. The fourth-order valence-corrected chi connectivity index (χ4v) is 10.1. The number of rotatable bonds is 32. The molecule has 28 nitrogen and oxygen atoms in total. The van der Waals surface area contributed by atoms with Crippen LogP contribution in [0.15, 0.2) is 91.0 Å². The Morgan fingerprint density at radius 1 is 0.551 bits per heavy atom. The molecule has 0 radical (unpaired) electrons. The van der Waals surface area contributed by atoms with Crippen LogP contribution in [-0.4, -0.2) is 184 Å². The van der Waals surface area contributed by atoms with Crippen molar-refractivity contribution in [2.24, 2.45) is 29.4 Å². The molecule has 2 fully saturated rings. The van der Waals surface area contributed by atoms with Crippen molar-refractivity contribution in [1.82, 2.24) is 52.8 Å². The van der Waals surface area contributed by atoms with Crippen LogP contribution in [0.4, 0.5) is 0 Å². The highest BCUT2D eigenvalue weighted by Crippen LogP contribution is 2.41. The number of esters is 1. The number of nitrogens with two attached hydrogens (primary N) is 1. The molecule has 1 saturated carbocycles. The molecule has 3 aromatic rings. The van der Waals surface area contributed by atoms with Gasteiger partial charge in [-0.25, -0.2) is 4.79 Å². The second kappa shape index (κ2) is 33.2. The van der Waals surface area contributed by atoms with E-state index in [1.54, 1.807) is 105 Å². The molecule has 10 amide bonds. The standard InChI is InChI=1S/C61H81N11O17/c1-31(2)47(57(83)63-30-43(74)72-25-17-24-42(72)55(81)65-39(27-36-20-13-9-14-21-36)53(79)64-33(5)51(77)67-41(60(86)87)28-37-22-15-10-16-23-37)69-54(80)40(29-44(75)76)66-59(85)49(34(6)73)70-56(82)45-46(61(88)89-7)50(45)71-58(84)48(32(3)4)68-52(78)38(62)26-35-18-11-8-12-19-35/h8-16,18-23,31-34,38-42,45-50,73H,17,24-30,62H2,1-7H3,(H,63,83)(H,64,79)(H,65,81)(H,66,85)(H,67,77)(H,68,78)(H,69,80)(H,70,82)(H,71,84)(H,75,76)(H,86,87)/t33-,34+,38-,39-,40-,41-,42-,45-,46-,47-,48-,49-,50-/m0/s1. The molecular weight excluding hydrogens is 1160 g/mol. The molecule has 1 aliphatic carbocycles. The van der Waals surface area contributed by atoms with Gasteiger partial charge in [-0.1, -0.05) is 119 Å². The van der Waals surface area contributed by atoms with Crippen molar-refractivity contribution >= 4 is 77.0 Å². The summed E-state index contributed by atoms with van der Waals surface area (Å²) in [6.45, 7) is 8.14. The van der Waals surface area contributed by atoms with Gasteiger partial charge in [0.15, 0.2) is 0 Å². The third-order valence-electron chi connectivity index (χ3n) is 15.2. The first kappa shape index (κ1) is 70.5. The van der Waals surface area contributed by atoms with Gasteiger partial charge in [0.1, 0.15) is 48.3 Å². The van der Waals surface area contributed by atoms with Gasteiger partial charge in [-0.15, -0.1) is 0 Å². The summed E-state index contributed by atoms with van der Waals surface area (Å²) in [7, 11) is 1.04. The van der Waals surface area contributed by atoms with Gasteiger partial charge in [-0.2, -0.15) is 0 Å². The lowest BCUT2D eigenvalue weighted by Crippen LogP contribution is -2.60. The minimum Gasteiger partial charge on any atom is -0.481 e. The van der Waals surface area contributed by atoms with Crippen molar-refractivity contribution in [2.75, 3.05) is 20.2 Å². The zero-order valence-corrected chi connectivity index (χ0v) is 50.6. The molecule has 0 aromatic heterocycles. The second-order valence-electron chi connectivity index (χ2n) is 22.8. The molecule has 13 atom stereocenters. The number of carbonyl (C=O) groups excluding carboxylic acids is 11. The number of methoxy groups -OCH3 is 1. The quantitative estimate of drug-likeness (QED) is 0.0293. The molecule has 2 aliphatic rings. The van der Waals surface area contributed by atoms with E-state index in [1.165, 1.54) is 25.7 Å². The van der Waals surface area contributed by atoms with E-state index in [0.29, 0.717) is 17.5 Å². The number of nitrogens with one attached hydrogen (secondary N) is 9. The van der Waals surface area contributed by atoms with Gasteiger partial charge in [0.2, 0.25) is 59.1 Å². The molecule has 0 bridgehead atoms. The van der Waals surface area contributed by atoms with Crippen molar-refractivity contribution in [3.63, 3.8) is 0 Å². The average Bonchev–Trinajstić information content (AvgIpc) is 1.62. The second-order valence-corrected chi connectivity index (χ2v) is 22.8. The van der Waals surface area contributed by atoms with E-state index in [1.807, 2.05) is 0 Å². The third-order valence-corrected chi connectivity index (χ3v) is 15.2. The highest BCUT2D eigenvalue weighted by Gasteiger charge is 2.61. The number of carbonyl (C=O) groups is 13. The first-order valence-electron chi connectivity index (χ1n) is 29.2. The maximum Gasteiger partial charge on any atom is 0.326 e. The number of amides is 10. The number of aliphatic hydroxyl groups is 1. The number of nitrogens with zero attached hydrogens (tertiary/aromatic N) is 1. The van der Waals surface area contributed by atoms with Gasteiger partial charge in [0.25, 0.3) is 0 Å². The van der Waals surface area contributed by atoms with Crippen LogP contribution < -0.4 is 53.6 Å². The summed E-state index contributed by atoms with van der Waals surface area (Å²) in [4.78, 5) is 175.